The zero-order valence-electron chi connectivity index (χ0n) is 9.87. The number of carbonyl (C=O) groups is 1. The van der Waals surface area contributed by atoms with E-state index in [0.29, 0.717) is 16.2 Å². The van der Waals surface area contributed by atoms with Crippen molar-refractivity contribution in [3.05, 3.63) is 34.0 Å². The van der Waals surface area contributed by atoms with Crippen molar-refractivity contribution >= 4 is 28.5 Å². The fourth-order valence-electron chi connectivity index (χ4n) is 2.03. The van der Waals surface area contributed by atoms with E-state index in [-0.39, 0.29) is 11.7 Å². The molecule has 0 radical (unpaired) electrons. The van der Waals surface area contributed by atoms with Crippen LogP contribution < -0.4 is 0 Å². The number of benzene rings is 1. The van der Waals surface area contributed by atoms with Gasteiger partial charge in [0.2, 0.25) is 5.76 Å². The van der Waals surface area contributed by atoms with Crippen LogP contribution >= 0.6 is 11.6 Å². The maximum atomic E-state index is 11.2. The first-order valence-electron chi connectivity index (χ1n) is 5.38. The summed E-state index contributed by atoms with van der Waals surface area (Å²) in [6.07, 6.45) is 0. The van der Waals surface area contributed by atoms with Crippen LogP contribution in [0.3, 0.4) is 0 Å². The summed E-state index contributed by atoms with van der Waals surface area (Å²) in [5, 5.41) is 10.4. The van der Waals surface area contributed by atoms with Crippen molar-refractivity contribution in [3.8, 4) is 0 Å². The molecule has 0 amide bonds. The zero-order valence-corrected chi connectivity index (χ0v) is 10.6. The van der Waals surface area contributed by atoms with Crippen LogP contribution in [-0.2, 0) is 0 Å². The smallest absolute Gasteiger partial charge is 0.372 e. The maximum Gasteiger partial charge on any atom is 0.372 e. The second-order valence-electron chi connectivity index (χ2n) is 4.37. The normalized spacial score (nSPS) is 11.4. The summed E-state index contributed by atoms with van der Waals surface area (Å²) < 4.78 is 5.45. The molecule has 1 aromatic carbocycles. The van der Waals surface area contributed by atoms with Crippen LogP contribution in [0.2, 0.25) is 5.02 Å². The number of halogens is 1. The van der Waals surface area contributed by atoms with Crippen molar-refractivity contribution in [2.75, 3.05) is 0 Å². The fourth-order valence-corrected chi connectivity index (χ4v) is 2.28. The third-order valence-corrected chi connectivity index (χ3v) is 3.11. The highest BCUT2D eigenvalue weighted by Gasteiger charge is 2.24. The predicted octanol–water partition coefficient (Wildman–Crippen LogP) is 4.22. The van der Waals surface area contributed by atoms with E-state index < -0.39 is 5.97 Å². The molecule has 0 fully saturated rings. The Balaban J connectivity index is 2.95. The highest BCUT2D eigenvalue weighted by molar-refractivity contribution is 6.36. The van der Waals surface area contributed by atoms with Gasteiger partial charge >= 0.3 is 5.97 Å². The Kier molecular flexibility index (Phi) is 2.87. The van der Waals surface area contributed by atoms with Crippen LogP contribution in [0, 0.1) is 6.92 Å². The molecule has 0 aliphatic rings. The molecule has 0 bridgehead atoms. The van der Waals surface area contributed by atoms with E-state index in [9.17, 15) is 4.79 Å². The van der Waals surface area contributed by atoms with Crippen molar-refractivity contribution in [1.29, 1.82) is 0 Å². The number of fused-ring (bicyclic) bond motifs is 1. The van der Waals surface area contributed by atoms with Crippen LogP contribution in [0.4, 0.5) is 0 Å². The van der Waals surface area contributed by atoms with Crippen molar-refractivity contribution in [1.82, 2.24) is 0 Å². The Morgan fingerprint density at radius 3 is 2.59 bits per heavy atom. The van der Waals surface area contributed by atoms with Gasteiger partial charge in [-0.05, 0) is 24.5 Å². The van der Waals surface area contributed by atoms with Gasteiger partial charge in [-0.25, -0.2) is 4.79 Å². The molecular weight excluding hydrogens is 240 g/mol. The van der Waals surface area contributed by atoms with Gasteiger partial charge in [0.25, 0.3) is 0 Å². The number of carboxylic acids is 1. The Hall–Kier alpha value is -1.48. The highest BCUT2D eigenvalue weighted by Crippen LogP contribution is 2.37. The summed E-state index contributed by atoms with van der Waals surface area (Å²) in [6, 6.07) is 3.59. The molecule has 0 saturated carbocycles. The largest absolute Gasteiger partial charge is 0.475 e. The lowest BCUT2D eigenvalue weighted by atomic mass is 9.98. The Morgan fingerprint density at radius 2 is 2.06 bits per heavy atom. The first-order valence-corrected chi connectivity index (χ1v) is 5.76. The van der Waals surface area contributed by atoms with Crippen LogP contribution in [-0.4, -0.2) is 11.1 Å². The Morgan fingerprint density at radius 1 is 1.41 bits per heavy atom. The van der Waals surface area contributed by atoms with E-state index in [4.69, 9.17) is 21.1 Å². The number of aryl methyl sites for hydroxylation is 1. The molecule has 90 valence electrons. The van der Waals surface area contributed by atoms with Gasteiger partial charge in [-0.3, -0.25) is 0 Å². The summed E-state index contributed by atoms with van der Waals surface area (Å²) in [5.74, 6) is -1.02. The van der Waals surface area contributed by atoms with Gasteiger partial charge in [0.15, 0.2) is 0 Å². The molecule has 0 aliphatic heterocycles. The molecule has 0 aliphatic carbocycles. The van der Waals surface area contributed by atoms with Gasteiger partial charge in [-0.2, -0.15) is 0 Å². The number of hydrogen-bond donors (Lipinski definition) is 1. The first-order chi connectivity index (χ1) is 7.93. The molecule has 2 rings (SSSR count). The zero-order chi connectivity index (χ0) is 12.7. The third-order valence-electron chi connectivity index (χ3n) is 2.79. The number of carboxylic acid groups (broad SMARTS) is 1. The molecular formula is C13H13ClO3. The standard InChI is InChI=1S/C13H13ClO3/c1-6(2)9-10-8(14)5-4-7(3)11(10)17-12(9)13(15)16/h4-6H,1-3H3,(H,15,16). The lowest BCUT2D eigenvalue weighted by Gasteiger charge is -2.04. The number of aromatic carboxylic acids is 1. The van der Waals surface area contributed by atoms with Crippen molar-refractivity contribution in [2.24, 2.45) is 0 Å². The van der Waals surface area contributed by atoms with E-state index in [1.54, 1.807) is 6.07 Å². The van der Waals surface area contributed by atoms with Crippen molar-refractivity contribution in [3.63, 3.8) is 0 Å². The number of furan rings is 1. The summed E-state index contributed by atoms with van der Waals surface area (Å²) in [5.41, 5.74) is 2.12. The third kappa shape index (κ3) is 1.80. The summed E-state index contributed by atoms with van der Waals surface area (Å²) in [6.45, 7) is 5.72. The average molecular weight is 253 g/mol. The summed E-state index contributed by atoms with van der Waals surface area (Å²) in [4.78, 5) is 11.2. The number of hydrogen-bond acceptors (Lipinski definition) is 2. The molecule has 0 unspecified atom stereocenters. The van der Waals surface area contributed by atoms with Gasteiger partial charge in [0, 0.05) is 10.9 Å². The average Bonchev–Trinajstić information content (AvgIpc) is 2.64. The van der Waals surface area contributed by atoms with Crippen molar-refractivity contribution < 1.29 is 14.3 Å². The Labute approximate surface area is 104 Å². The predicted molar refractivity (Wildman–Crippen MR) is 67.0 cm³/mol. The van der Waals surface area contributed by atoms with Gasteiger partial charge < -0.3 is 9.52 Å². The Bertz CT molecular complexity index is 596. The van der Waals surface area contributed by atoms with E-state index in [2.05, 4.69) is 0 Å². The van der Waals surface area contributed by atoms with Crippen LogP contribution in [0.15, 0.2) is 16.5 Å². The molecule has 0 atom stereocenters. The van der Waals surface area contributed by atoms with Gasteiger partial charge in [0.1, 0.15) is 5.58 Å². The lowest BCUT2D eigenvalue weighted by molar-refractivity contribution is 0.0662. The number of rotatable bonds is 2. The highest BCUT2D eigenvalue weighted by atomic mass is 35.5. The minimum Gasteiger partial charge on any atom is -0.475 e. The van der Waals surface area contributed by atoms with Crippen LogP contribution in [0.1, 0.15) is 41.4 Å². The molecule has 1 aromatic heterocycles. The van der Waals surface area contributed by atoms with E-state index in [0.717, 1.165) is 10.9 Å². The quantitative estimate of drug-likeness (QED) is 0.871. The van der Waals surface area contributed by atoms with Gasteiger partial charge in [0.05, 0.1) is 5.02 Å². The minimum absolute atomic E-state index is 0.00815. The minimum atomic E-state index is -1.06. The molecule has 17 heavy (non-hydrogen) atoms. The maximum absolute atomic E-state index is 11.2. The molecule has 4 heteroatoms. The van der Waals surface area contributed by atoms with Crippen molar-refractivity contribution in [2.45, 2.75) is 26.7 Å². The lowest BCUT2D eigenvalue weighted by Crippen LogP contribution is -2.00. The monoisotopic (exact) mass is 252 g/mol. The molecule has 2 aromatic rings. The second-order valence-corrected chi connectivity index (χ2v) is 4.78. The SMILES string of the molecule is Cc1ccc(Cl)c2c(C(C)C)c(C(=O)O)oc12. The summed E-state index contributed by atoms with van der Waals surface area (Å²) >= 11 is 6.14. The summed E-state index contributed by atoms with van der Waals surface area (Å²) in [7, 11) is 0. The molecule has 0 saturated heterocycles. The van der Waals surface area contributed by atoms with Crippen LogP contribution in [0.5, 0.6) is 0 Å². The molecule has 1 N–H and O–H groups in total. The first kappa shape index (κ1) is 12.0. The fraction of sp³-hybridized carbons (Fsp3) is 0.308. The second kappa shape index (κ2) is 4.08. The van der Waals surface area contributed by atoms with Crippen LogP contribution in [0.25, 0.3) is 11.0 Å². The van der Waals surface area contributed by atoms with Gasteiger partial charge in [-0.1, -0.05) is 31.5 Å². The van der Waals surface area contributed by atoms with E-state index in [1.165, 1.54) is 0 Å². The molecule has 1 heterocycles. The van der Waals surface area contributed by atoms with E-state index in [1.807, 2.05) is 26.8 Å². The van der Waals surface area contributed by atoms with Gasteiger partial charge in [-0.15, -0.1) is 0 Å². The van der Waals surface area contributed by atoms with E-state index >= 15 is 0 Å². The topological polar surface area (TPSA) is 50.4 Å². The molecule has 0 spiro atoms. The molecule has 3 nitrogen and oxygen atoms in total.